The zero-order chi connectivity index (χ0) is 13.0. The van der Waals surface area contributed by atoms with Crippen LogP contribution >= 0.6 is 0 Å². The molecule has 0 heterocycles. The molecule has 1 amide bonds. The van der Waals surface area contributed by atoms with Crippen LogP contribution in [0, 0.1) is 6.92 Å². The van der Waals surface area contributed by atoms with Crippen molar-refractivity contribution in [2.45, 2.75) is 13.8 Å². The fourth-order valence-corrected chi connectivity index (χ4v) is 1.52. The maximum Gasteiger partial charge on any atom is 0.271 e. The van der Waals surface area contributed by atoms with Gasteiger partial charge in [-0.25, -0.2) is 5.43 Å². The normalized spacial score (nSPS) is 13.7. The molecule has 2 rings (SSSR count). The van der Waals surface area contributed by atoms with E-state index in [9.17, 15) is 4.79 Å². The van der Waals surface area contributed by atoms with Crippen LogP contribution in [0.1, 0.15) is 22.8 Å². The quantitative estimate of drug-likeness (QED) is 0.491. The lowest BCUT2D eigenvalue weighted by Crippen LogP contribution is -2.19. The van der Waals surface area contributed by atoms with Crippen molar-refractivity contribution >= 4 is 11.6 Å². The minimum Gasteiger partial charge on any atom is -0.267 e. The molecular weight excluding hydrogens is 224 g/mol. The first-order chi connectivity index (χ1) is 8.66. The molecule has 0 radical (unpaired) electrons. The van der Waals surface area contributed by atoms with E-state index in [1.165, 1.54) is 0 Å². The fourth-order valence-electron chi connectivity index (χ4n) is 1.52. The van der Waals surface area contributed by atoms with E-state index in [0.717, 1.165) is 16.8 Å². The van der Waals surface area contributed by atoms with E-state index in [1.54, 1.807) is 12.1 Å². The van der Waals surface area contributed by atoms with Crippen LogP contribution in [-0.2, 0) is 0 Å². The minimum absolute atomic E-state index is 0.207. The molecule has 0 atom stereocenters. The van der Waals surface area contributed by atoms with Crippen molar-refractivity contribution in [3.8, 4) is 0 Å². The van der Waals surface area contributed by atoms with Crippen LogP contribution in [0.15, 0.2) is 58.9 Å². The minimum atomic E-state index is -0.207. The van der Waals surface area contributed by atoms with E-state index in [-0.39, 0.29) is 5.91 Å². The van der Waals surface area contributed by atoms with Gasteiger partial charge < -0.3 is 0 Å². The summed E-state index contributed by atoms with van der Waals surface area (Å²) in [6, 6.07) is 7.36. The average Bonchev–Trinajstić information content (AvgIpc) is 2.90. The lowest BCUT2D eigenvalue weighted by Gasteiger charge is -2.02. The predicted octanol–water partition coefficient (Wildman–Crippen LogP) is 2.75. The van der Waals surface area contributed by atoms with E-state index in [0.29, 0.717) is 5.56 Å². The molecule has 1 aromatic rings. The van der Waals surface area contributed by atoms with Gasteiger partial charge in [0.2, 0.25) is 0 Å². The standard InChI is InChI=1S/C15H14N2O/c1-11-7-9-14(10-8-11)15(18)17-16-12(2)13-5-3-4-6-13/h3-5,7-10H,1-2H3,(H,17,18)/b16-12+. The number of rotatable bonds is 3. The van der Waals surface area contributed by atoms with Gasteiger partial charge in [-0.1, -0.05) is 23.8 Å². The van der Waals surface area contributed by atoms with Crippen molar-refractivity contribution in [1.29, 1.82) is 0 Å². The highest BCUT2D eigenvalue weighted by molar-refractivity contribution is 6.02. The number of carbonyl (C=O) groups is 1. The van der Waals surface area contributed by atoms with Crippen LogP contribution in [0.5, 0.6) is 0 Å². The number of nitrogens with zero attached hydrogens (tertiary/aromatic N) is 1. The molecule has 1 aliphatic carbocycles. The predicted molar refractivity (Wildman–Crippen MR) is 72.5 cm³/mol. The summed E-state index contributed by atoms with van der Waals surface area (Å²) >= 11 is 0. The SMILES string of the molecule is C/C(=N\NC(=O)c1ccc(C)cc1)C1=C=CC=C1. The number of allylic oxidation sites excluding steroid dienone is 3. The second kappa shape index (κ2) is 5.30. The van der Waals surface area contributed by atoms with Crippen LogP contribution in [0.3, 0.4) is 0 Å². The van der Waals surface area contributed by atoms with Crippen LogP contribution < -0.4 is 5.43 Å². The number of hydrogen-bond donors (Lipinski definition) is 1. The molecular formula is C15H14N2O. The van der Waals surface area contributed by atoms with Gasteiger partial charge in [0.05, 0.1) is 5.71 Å². The molecule has 1 aromatic carbocycles. The molecule has 0 saturated heterocycles. The Kier molecular flexibility index (Phi) is 3.56. The second-order valence-corrected chi connectivity index (χ2v) is 4.09. The number of aryl methyl sites for hydroxylation is 1. The molecule has 1 N–H and O–H groups in total. The summed E-state index contributed by atoms with van der Waals surface area (Å²) in [6.07, 6.45) is 5.60. The van der Waals surface area contributed by atoms with Gasteiger partial charge in [0.15, 0.2) is 0 Å². The molecule has 0 bridgehead atoms. The van der Waals surface area contributed by atoms with Crippen LogP contribution in [-0.4, -0.2) is 11.6 Å². The summed E-state index contributed by atoms with van der Waals surface area (Å²) in [5.74, 6) is -0.207. The molecule has 0 unspecified atom stereocenters. The van der Waals surface area contributed by atoms with Gasteiger partial charge in [0, 0.05) is 11.1 Å². The second-order valence-electron chi connectivity index (χ2n) is 4.09. The Balaban J connectivity index is 2.04. The molecule has 1 aliphatic rings. The summed E-state index contributed by atoms with van der Waals surface area (Å²) in [5.41, 5.74) is 8.91. The van der Waals surface area contributed by atoms with Crippen molar-refractivity contribution in [2.75, 3.05) is 0 Å². The maximum atomic E-state index is 11.8. The van der Waals surface area contributed by atoms with Crippen LogP contribution in [0.25, 0.3) is 0 Å². The Morgan fingerprint density at radius 1 is 1.28 bits per heavy atom. The third-order valence-corrected chi connectivity index (χ3v) is 2.63. The van der Waals surface area contributed by atoms with E-state index in [4.69, 9.17) is 0 Å². The topological polar surface area (TPSA) is 41.5 Å². The Morgan fingerprint density at radius 3 is 2.61 bits per heavy atom. The van der Waals surface area contributed by atoms with Gasteiger partial charge in [-0.2, -0.15) is 5.10 Å². The Labute approximate surface area is 106 Å². The summed E-state index contributed by atoms with van der Waals surface area (Å²) in [5, 5.41) is 4.05. The number of hydrogen-bond acceptors (Lipinski definition) is 2. The molecule has 0 spiro atoms. The fraction of sp³-hybridized carbons (Fsp3) is 0.133. The largest absolute Gasteiger partial charge is 0.271 e. The van der Waals surface area contributed by atoms with E-state index in [2.05, 4.69) is 16.3 Å². The molecule has 3 nitrogen and oxygen atoms in total. The first kappa shape index (κ1) is 12.1. The lowest BCUT2D eigenvalue weighted by atomic mass is 10.1. The summed E-state index contributed by atoms with van der Waals surface area (Å²) in [7, 11) is 0. The van der Waals surface area contributed by atoms with Crippen molar-refractivity contribution < 1.29 is 4.79 Å². The first-order valence-electron chi connectivity index (χ1n) is 5.72. The van der Waals surface area contributed by atoms with E-state index in [1.807, 2.05) is 44.2 Å². The van der Waals surface area contributed by atoms with E-state index < -0.39 is 0 Å². The molecule has 0 fully saturated rings. The Bertz CT molecular complexity index is 585. The third kappa shape index (κ3) is 2.84. The lowest BCUT2D eigenvalue weighted by molar-refractivity contribution is 0.0955. The number of benzene rings is 1. The molecule has 3 heteroatoms. The molecule has 0 aliphatic heterocycles. The Morgan fingerprint density at radius 2 is 2.00 bits per heavy atom. The van der Waals surface area contributed by atoms with Crippen molar-refractivity contribution in [3.05, 3.63) is 64.9 Å². The van der Waals surface area contributed by atoms with Crippen molar-refractivity contribution in [2.24, 2.45) is 5.10 Å². The number of nitrogens with one attached hydrogen (secondary N) is 1. The van der Waals surface area contributed by atoms with Crippen LogP contribution in [0.4, 0.5) is 0 Å². The summed E-state index contributed by atoms with van der Waals surface area (Å²) in [4.78, 5) is 11.8. The highest BCUT2D eigenvalue weighted by Gasteiger charge is 2.04. The van der Waals surface area contributed by atoms with Gasteiger partial charge in [-0.15, -0.1) is 5.73 Å². The number of amides is 1. The molecule has 18 heavy (non-hydrogen) atoms. The summed E-state index contributed by atoms with van der Waals surface area (Å²) in [6.45, 7) is 3.82. The van der Waals surface area contributed by atoms with Gasteiger partial charge in [-0.05, 0) is 38.1 Å². The van der Waals surface area contributed by atoms with Crippen molar-refractivity contribution in [1.82, 2.24) is 5.43 Å². The van der Waals surface area contributed by atoms with Gasteiger partial charge >= 0.3 is 0 Å². The summed E-state index contributed by atoms with van der Waals surface area (Å²) < 4.78 is 0. The third-order valence-electron chi connectivity index (χ3n) is 2.63. The first-order valence-corrected chi connectivity index (χ1v) is 5.72. The molecule has 0 aromatic heterocycles. The number of hydrazone groups is 1. The zero-order valence-corrected chi connectivity index (χ0v) is 10.4. The van der Waals surface area contributed by atoms with Gasteiger partial charge in [-0.3, -0.25) is 4.79 Å². The van der Waals surface area contributed by atoms with Gasteiger partial charge in [0.1, 0.15) is 0 Å². The highest BCUT2D eigenvalue weighted by atomic mass is 16.2. The number of carbonyl (C=O) groups excluding carboxylic acids is 1. The van der Waals surface area contributed by atoms with E-state index >= 15 is 0 Å². The Hall–Kier alpha value is -2.38. The van der Waals surface area contributed by atoms with Gasteiger partial charge in [0.25, 0.3) is 5.91 Å². The highest BCUT2D eigenvalue weighted by Crippen LogP contribution is 2.05. The maximum absolute atomic E-state index is 11.8. The molecule has 0 saturated carbocycles. The average molecular weight is 238 g/mol. The zero-order valence-electron chi connectivity index (χ0n) is 10.4. The molecule has 90 valence electrons. The smallest absolute Gasteiger partial charge is 0.267 e. The van der Waals surface area contributed by atoms with Crippen molar-refractivity contribution in [3.63, 3.8) is 0 Å². The monoisotopic (exact) mass is 238 g/mol. The van der Waals surface area contributed by atoms with Crippen LogP contribution in [0.2, 0.25) is 0 Å².